The Morgan fingerprint density at radius 1 is 1.15 bits per heavy atom. The van der Waals surface area contributed by atoms with E-state index in [1.54, 1.807) is 27.4 Å². The summed E-state index contributed by atoms with van der Waals surface area (Å²) in [4.78, 5) is 4.10. The molecule has 1 rings (SSSR count). The first-order chi connectivity index (χ1) is 6.31. The first kappa shape index (κ1) is 9.80. The highest BCUT2D eigenvalue weighted by Crippen LogP contribution is 2.19. The lowest BCUT2D eigenvalue weighted by atomic mass is 10.3. The Labute approximate surface area is 77.5 Å². The minimum atomic E-state index is 0.486. The van der Waals surface area contributed by atoms with Gasteiger partial charge in [0.1, 0.15) is 0 Å². The van der Waals surface area contributed by atoms with Crippen LogP contribution in [0.5, 0.6) is 11.8 Å². The van der Waals surface area contributed by atoms with E-state index in [0.717, 1.165) is 5.56 Å². The first-order valence-electron chi connectivity index (χ1n) is 3.88. The Morgan fingerprint density at radius 3 is 2.46 bits per heavy atom. The fraction of sp³-hybridized carbons (Fsp3) is 0.444. The minimum Gasteiger partial charge on any atom is -0.481 e. The molecule has 13 heavy (non-hydrogen) atoms. The van der Waals surface area contributed by atoms with Gasteiger partial charge in [-0.15, -0.1) is 0 Å². The van der Waals surface area contributed by atoms with Gasteiger partial charge in [-0.1, -0.05) is 0 Å². The van der Waals surface area contributed by atoms with Crippen molar-refractivity contribution in [1.29, 1.82) is 0 Å². The van der Waals surface area contributed by atoms with Crippen molar-refractivity contribution in [2.24, 2.45) is 0 Å². The average Bonchev–Trinajstić information content (AvgIpc) is 2.19. The summed E-state index contributed by atoms with van der Waals surface area (Å²) in [6.45, 7) is 0.486. The molecule has 0 aliphatic carbocycles. The Kier molecular flexibility index (Phi) is 3.52. The molecule has 0 amide bonds. The van der Waals surface area contributed by atoms with Gasteiger partial charge in [0.25, 0.3) is 0 Å². The van der Waals surface area contributed by atoms with Gasteiger partial charge in [-0.2, -0.15) is 4.98 Å². The monoisotopic (exact) mass is 183 g/mol. The molecule has 1 aromatic rings. The van der Waals surface area contributed by atoms with Crippen molar-refractivity contribution in [2.45, 2.75) is 6.61 Å². The van der Waals surface area contributed by atoms with Crippen LogP contribution in [0.25, 0.3) is 0 Å². The summed E-state index contributed by atoms with van der Waals surface area (Å²) in [5.74, 6) is 1.08. The zero-order chi connectivity index (χ0) is 9.68. The number of pyridine rings is 1. The van der Waals surface area contributed by atoms with E-state index in [9.17, 15) is 0 Å². The van der Waals surface area contributed by atoms with Crippen LogP contribution in [-0.4, -0.2) is 26.3 Å². The Bertz CT molecular complexity index is 276. The first-order valence-corrected chi connectivity index (χ1v) is 3.88. The summed E-state index contributed by atoms with van der Waals surface area (Å²) < 4.78 is 15.0. The number of hydrogen-bond donors (Lipinski definition) is 0. The van der Waals surface area contributed by atoms with Gasteiger partial charge in [0.15, 0.2) is 0 Å². The van der Waals surface area contributed by atoms with Gasteiger partial charge in [-0.3, -0.25) is 0 Å². The van der Waals surface area contributed by atoms with Gasteiger partial charge < -0.3 is 14.2 Å². The molecule has 1 heterocycles. The van der Waals surface area contributed by atoms with Crippen molar-refractivity contribution < 1.29 is 14.2 Å². The molecule has 0 aromatic carbocycles. The second-order valence-corrected chi connectivity index (χ2v) is 2.46. The maximum atomic E-state index is 5.07. The Morgan fingerprint density at radius 2 is 1.92 bits per heavy atom. The molecule has 0 bridgehead atoms. The fourth-order valence-electron chi connectivity index (χ4n) is 1.01. The van der Waals surface area contributed by atoms with Crippen molar-refractivity contribution in [1.82, 2.24) is 4.98 Å². The van der Waals surface area contributed by atoms with Crippen LogP contribution in [0.1, 0.15) is 5.56 Å². The van der Waals surface area contributed by atoms with Gasteiger partial charge in [0, 0.05) is 18.7 Å². The third-order valence-corrected chi connectivity index (χ3v) is 1.62. The van der Waals surface area contributed by atoms with Crippen molar-refractivity contribution in [3.63, 3.8) is 0 Å². The summed E-state index contributed by atoms with van der Waals surface area (Å²) in [5.41, 5.74) is 0.908. The van der Waals surface area contributed by atoms with Crippen molar-refractivity contribution in [3.05, 3.63) is 17.7 Å². The SMILES string of the molecule is COCc1ccc(OC)nc1OC. The molecule has 0 aliphatic rings. The van der Waals surface area contributed by atoms with Crippen LogP contribution in [0.2, 0.25) is 0 Å². The third-order valence-electron chi connectivity index (χ3n) is 1.62. The number of aromatic nitrogens is 1. The standard InChI is InChI=1S/C9H13NO3/c1-11-6-7-4-5-8(12-2)10-9(7)13-3/h4-5H,6H2,1-3H3. The van der Waals surface area contributed by atoms with Crippen LogP contribution in [-0.2, 0) is 11.3 Å². The molecule has 4 nitrogen and oxygen atoms in total. The second-order valence-electron chi connectivity index (χ2n) is 2.46. The highest BCUT2D eigenvalue weighted by Gasteiger charge is 2.05. The fourth-order valence-corrected chi connectivity index (χ4v) is 1.01. The topological polar surface area (TPSA) is 40.6 Å². The van der Waals surface area contributed by atoms with E-state index in [1.807, 2.05) is 6.07 Å². The van der Waals surface area contributed by atoms with Crippen LogP contribution in [0.3, 0.4) is 0 Å². The zero-order valence-corrected chi connectivity index (χ0v) is 8.03. The van der Waals surface area contributed by atoms with Crippen molar-refractivity contribution in [2.75, 3.05) is 21.3 Å². The lowest BCUT2D eigenvalue weighted by Gasteiger charge is -2.07. The molecule has 0 fully saturated rings. The molecule has 0 aliphatic heterocycles. The number of hydrogen-bond acceptors (Lipinski definition) is 4. The summed E-state index contributed by atoms with van der Waals surface area (Å²) >= 11 is 0. The predicted octanol–water partition coefficient (Wildman–Crippen LogP) is 1.25. The van der Waals surface area contributed by atoms with Crippen LogP contribution in [0, 0.1) is 0 Å². The molecule has 0 spiro atoms. The zero-order valence-electron chi connectivity index (χ0n) is 8.03. The van der Waals surface area contributed by atoms with Gasteiger partial charge in [0.05, 0.1) is 20.8 Å². The maximum Gasteiger partial charge on any atom is 0.221 e. The van der Waals surface area contributed by atoms with E-state index in [-0.39, 0.29) is 0 Å². The molecule has 0 saturated carbocycles. The van der Waals surface area contributed by atoms with Crippen LogP contribution in [0.15, 0.2) is 12.1 Å². The van der Waals surface area contributed by atoms with E-state index >= 15 is 0 Å². The summed E-state index contributed by atoms with van der Waals surface area (Å²) in [7, 11) is 4.77. The molecule has 4 heteroatoms. The van der Waals surface area contributed by atoms with Crippen LogP contribution >= 0.6 is 0 Å². The summed E-state index contributed by atoms with van der Waals surface area (Å²) in [6, 6.07) is 3.64. The Balaban J connectivity index is 2.93. The smallest absolute Gasteiger partial charge is 0.221 e. The molecule has 0 radical (unpaired) electrons. The van der Waals surface area contributed by atoms with Crippen LogP contribution in [0.4, 0.5) is 0 Å². The van der Waals surface area contributed by atoms with Crippen molar-refractivity contribution >= 4 is 0 Å². The van der Waals surface area contributed by atoms with E-state index in [1.165, 1.54) is 0 Å². The summed E-state index contributed by atoms with van der Waals surface area (Å²) in [6.07, 6.45) is 0. The van der Waals surface area contributed by atoms with Gasteiger partial charge in [0.2, 0.25) is 11.8 Å². The molecular formula is C9H13NO3. The summed E-state index contributed by atoms with van der Waals surface area (Å²) in [5, 5.41) is 0. The number of ether oxygens (including phenoxy) is 3. The number of nitrogens with zero attached hydrogens (tertiary/aromatic N) is 1. The average molecular weight is 183 g/mol. The van der Waals surface area contributed by atoms with Crippen LogP contribution < -0.4 is 9.47 Å². The Hall–Kier alpha value is -1.29. The van der Waals surface area contributed by atoms with Gasteiger partial charge in [-0.25, -0.2) is 0 Å². The lowest BCUT2D eigenvalue weighted by molar-refractivity contribution is 0.180. The molecule has 0 unspecified atom stereocenters. The number of rotatable bonds is 4. The normalized spacial score (nSPS) is 9.77. The van der Waals surface area contributed by atoms with Gasteiger partial charge >= 0.3 is 0 Å². The second kappa shape index (κ2) is 4.67. The molecule has 0 N–H and O–H groups in total. The predicted molar refractivity (Wildman–Crippen MR) is 48.1 cm³/mol. The molecule has 0 atom stereocenters. The molecule has 1 aromatic heterocycles. The van der Waals surface area contributed by atoms with Crippen molar-refractivity contribution in [3.8, 4) is 11.8 Å². The lowest BCUT2D eigenvalue weighted by Crippen LogP contribution is -1.98. The molecule has 0 saturated heterocycles. The van der Waals surface area contributed by atoms with E-state index in [4.69, 9.17) is 14.2 Å². The largest absolute Gasteiger partial charge is 0.481 e. The molecular weight excluding hydrogens is 170 g/mol. The number of methoxy groups -OCH3 is 3. The van der Waals surface area contributed by atoms with E-state index in [2.05, 4.69) is 4.98 Å². The minimum absolute atomic E-state index is 0.486. The van der Waals surface area contributed by atoms with E-state index < -0.39 is 0 Å². The van der Waals surface area contributed by atoms with Gasteiger partial charge in [-0.05, 0) is 6.07 Å². The molecule has 72 valence electrons. The highest BCUT2D eigenvalue weighted by molar-refractivity contribution is 5.29. The van der Waals surface area contributed by atoms with E-state index in [0.29, 0.717) is 18.4 Å². The highest BCUT2D eigenvalue weighted by atomic mass is 16.5. The third kappa shape index (κ3) is 2.32. The maximum absolute atomic E-state index is 5.07. The quantitative estimate of drug-likeness (QED) is 0.704.